The van der Waals surface area contributed by atoms with Crippen molar-refractivity contribution in [2.45, 2.75) is 6.92 Å². The summed E-state index contributed by atoms with van der Waals surface area (Å²) in [6.07, 6.45) is 0. The van der Waals surface area contributed by atoms with Gasteiger partial charge in [0.15, 0.2) is 0 Å². The molecule has 0 atom stereocenters. The molecule has 0 aromatic rings. The van der Waals surface area contributed by atoms with Crippen LogP contribution in [0.3, 0.4) is 0 Å². The predicted molar refractivity (Wildman–Crippen MR) is 28.6 cm³/mol. The van der Waals surface area contributed by atoms with Gasteiger partial charge in [-0.05, 0) is 0 Å². The minimum atomic E-state index is -1.82. The van der Waals surface area contributed by atoms with E-state index in [0.29, 0.717) is 0 Å². The van der Waals surface area contributed by atoms with E-state index in [0.717, 1.165) is 6.92 Å². The second-order valence-corrected chi connectivity index (χ2v) is 1.13. The molecule has 0 aliphatic heterocycles. The maximum atomic E-state index is 9.10. The third-order valence-electron chi connectivity index (χ3n) is 0.183. The Morgan fingerprint density at radius 1 is 0.909 bits per heavy atom. The van der Waals surface area contributed by atoms with Crippen LogP contribution in [0.2, 0.25) is 0 Å². The Bertz CT molecular complexity index is 137. The first-order valence-corrected chi connectivity index (χ1v) is 2.03. The first-order valence-electron chi connectivity index (χ1n) is 2.03. The molecule has 0 aromatic heterocycles. The minimum absolute atomic E-state index is 0. The standard InChI is InChI=1S/C2H2O4.C2H4O2.Nb/c3-1(4)2(5)6;1-2(3)4;/h(H,3,4)(H,5,6);1H3,(H,3,4);. The van der Waals surface area contributed by atoms with E-state index in [1.807, 2.05) is 0 Å². The normalized spacial score (nSPS) is 6.27. The van der Waals surface area contributed by atoms with E-state index in [1.165, 1.54) is 0 Å². The van der Waals surface area contributed by atoms with Gasteiger partial charge in [0, 0.05) is 29.3 Å². The molecular weight excluding hydrogens is 237 g/mol. The van der Waals surface area contributed by atoms with Crippen molar-refractivity contribution in [3.63, 3.8) is 0 Å². The fourth-order valence-electron chi connectivity index (χ4n) is 0. The Labute approximate surface area is 77.3 Å². The van der Waals surface area contributed by atoms with Gasteiger partial charge in [0.1, 0.15) is 0 Å². The SMILES string of the molecule is CC(=O)O.O=C(O)C(=O)O.[Nb]. The van der Waals surface area contributed by atoms with Crippen LogP contribution < -0.4 is 0 Å². The third kappa shape index (κ3) is 47.1. The molecule has 0 saturated heterocycles. The summed E-state index contributed by atoms with van der Waals surface area (Å²) in [6.45, 7) is 1.08. The third-order valence-corrected chi connectivity index (χ3v) is 0.183. The maximum absolute atomic E-state index is 9.10. The number of hydrogen-bond donors (Lipinski definition) is 3. The molecule has 0 saturated carbocycles. The zero-order chi connectivity index (χ0) is 8.73. The molecule has 0 spiro atoms. The van der Waals surface area contributed by atoms with E-state index in [4.69, 9.17) is 29.7 Å². The molecule has 0 unspecified atom stereocenters. The van der Waals surface area contributed by atoms with Gasteiger partial charge >= 0.3 is 11.9 Å². The van der Waals surface area contributed by atoms with Crippen LogP contribution in [0.5, 0.6) is 0 Å². The average Bonchev–Trinajstić information content (AvgIpc) is 1.63. The smallest absolute Gasteiger partial charge is 0.414 e. The molecular formula is C4H6NbO6. The van der Waals surface area contributed by atoms with Crippen LogP contribution in [0.4, 0.5) is 0 Å². The van der Waals surface area contributed by atoms with Crippen LogP contribution in [-0.4, -0.2) is 33.2 Å². The maximum Gasteiger partial charge on any atom is 0.414 e. The largest absolute Gasteiger partial charge is 0.481 e. The van der Waals surface area contributed by atoms with Crippen molar-refractivity contribution >= 4 is 17.9 Å². The molecule has 0 fully saturated rings. The van der Waals surface area contributed by atoms with Crippen molar-refractivity contribution in [1.29, 1.82) is 0 Å². The van der Waals surface area contributed by atoms with Crippen molar-refractivity contribution in [1.82, 2.24) is 0 Å². The number of carboxylic acids is 3. The molecule has 7 heteroatoms. The van der Waals surface area contributed by atoms with Gasteiger partial charge in [0.25, 0.3) is 5.97 Å². The Hall–Kier alpha value is -0.850. The molecule has 63 valence electrons. The fraction of sp³-hybridized carbons (Fsp3) is 0.250. The Kier molecular flexibility index (Phi) is 13.8. The predicted octanol–water partition coefficient (Wildman–Crippen LogP) is -0.756. The van der Waals surface area contributed by atoms with Crippen molar-refractivity contribution < 1.29 is 52.1 Å². The number of rotatable bonds is 0. The van der Waals surface area contributed by atoms with Gasteiger partial charge in [-0.1, -0.05) is 0 Å². The van der Waals surface area contributed by atoms with E-state index < -0.39 is 17.9 Å². The summed E-state index contributed by atoms with van der Waals surface area (Å²) < 4.78 is 0. The summed E-state index contributed by atoms with van der Waals surface area (Å²) in [5.74, 6) is -4.48. The molecule has 0 heterocycles. The van der Waals surface area contributed by atoms with Crippen molar-refractivity contribution in [2.75, 3.05) is 0 Å². The van der Waals surface area contributed by atoms with E-state index in [-0.39, 0.29) is 22.4 Å². The molecule has 11 heavy (non-hydrogen) atoms. The van der Waals surface area contributed by atoms with E-state index in [2.05, 4.69) is 0 Å². The van der Waals surface area contributed by atoms with E-state index >= 15 is 0 Å². The summed E-state index contributed by atoms with van der Waals surface area (Å²) in [7, 11) is 0. The number of hydrogen-bond acceptors (Lipinski definition) is 3. The van der Waals surface area contributed by atoms with Crippen molar-refractivity contribution in [3.05, 3.63) is 0 Å². The van der Waals surface area contributed by atoms with Crippen molar-refractivity contribution in [3.8, 4) is 0 Å². The van der Waals surface area contributed by atoms with Gasteiger partial charge in [-0.25, -0.2) is 9.59 Å². The monoisotopic (exact) mass is 243 g/mol. The first kappa shape index (κ1) is 16.6. The van der Waals surface area contributed by atoms with E-state index in [9.17, 15) is 0 Å². The number of aliphatic carboxylic acids is 3. The Morgan fingerprint density at radius 3 is 1.00 bits per heavy atom. The van der Waals surface area contributed by atoms with E-state index in [1.54, 1.807) is 0 Å². The second kappa shape index (κ2) is 9.15. The minimum Gasteiger partial charge on any atom is -0.481 e. The summed E-state index contributed by atoms with van der Waals surface area (Å²) in [5, 5.41) is 22.2. The van der Waals surface area contributed by atoms with Crippen LogP contribution >= 0.6 is 0 Å². The van der Waals surface area contributed by atoms with Crippen LogP contribution in [0, 0.1) is 0 Å². The molecule has 0 rings (SSSR count). The quantitative estimate of drug-likeness (QED) is 0.381. The Balaban J connectivity index is -0.000000114. The number of carbonyl (C=O) groups is 3. The van der Waals surface area contributed by atoms with Crippen LogP contribution in [-0.2, 0) is 36.8 Å². The molecule has 1 radical (unpaired) electrons. The summed E-state index contributed by atoms with van der Waals surface area (Å²) in [5.41, 5.74) is 0. The zero-order valence-electron chi connectivity index (χ0n) is 5.51. The van der Waals surface area contributed by atoms with Crippen LogP contribution in [0.25, 0.3) is 0 Å². The molecule has 0 amide bonds. The first-order chi connectivity index (χ1) is 4.37. The van der Waals surface area contributed by atoms with Gasteiger partial charge in [0.05, 0.1) is 0 Å². The van der Waals surface area contributed by atoms with Gasteiger partial charge in [-0.3, -0.25) is 4.79 Å². The molecule has 0 aliphatic rings. The summed E-state index contributed by atoms with van der Waals surface area (Å²) >= 11 is 0. The molecule has 0 aromatic carbocycles. The molecule has 3 N–H and O–H groups in total. The Morgan fingerprint density at radius 2 is 1.00 bits per heavy atom. The van der Waals surface area contributed by atoms with Crippen LogP contribution in [0.15, 0.2) is 0 Å². The topological polar surface area (TPSA) is 112 Å². The van der Waals surface area contributed by atoms with Crippen LogP contribution in [0.1, 0.15) is 6.92 Å². The average molecular weight is 243 g/mol. The molecule has 6 nitrogen and oxygen atoms in total. The van der Waals surface area contributed by atoms with Gasteiger partial charge in [0.2, 0.25) is 0 Å². The van der Waals surface area contributed by atoms with Crippen molar-refractivity contribution in [2.24, 2.45) is 0 Å². The second-order valence-electron chi connectivity index (χ2n) is 1.13. The van der Waals surface area contributed by atoms with Gasteiger partial charge in [-0.2, -0.15) is 0 Å². The van der Waals surface area contributed by atoms with Gasteiger partial charge < -0.3 is 15.3 Å². The summed E-state index contributed by atoms with van der Waals surface area (Å²) in [6, 6.07) is 0. The van der Waals surface area contributed by atoms with Gasteiger partial charge in [-0.15, -0.1) is 0 Å². The molecule has 0 bridgehead atoms. The molecule has 0 aliphatic carbocycles. The fourth-order valence-corrected chi connectivity index (χ4v) is 0. The number of carboxylic acid groups (broad SMARTS) is 3. The summed E-state index contributed by atoms with van der Waals surface area (Å²) in [4.78, 5) is 27.2. The zero-order valence-corrected chi connectivity index (χ0v) is 7.71.